The Balaban J connectivity index is 1.47. The molecule has 1 aromatic heterocycles. The Bertz CT molecular complexity index is 1100. The maximum Gasteiger partial charge on any atom is 0.294 e. The molecule has 7 nitrogen and oxygen atoms in total. The summed E-state index contributed by atoms with van der Waals surface area (Å²) in [6.07, 6.45) is 0.309. The van der Waals surface area contributed by atoms with Crippen molar-refractivity contribution in [2.75, 3.05) is 31.1 Å². The second-order valence-corrected chi connectivity index (χ2v) is 7.77. The van der Waals surface area contributed by atoms with Crippen molar-refractivity contribution >= 4 is 22.8 Å². The van der Waals surface area contributed by atoms with E-state index < -0.39 is 6.10 Å². The summed E-state index contributed by atoms with van der Waals surface area (Å²) in [7, 11) is 0. The van der Waals surface area contributed by atoms with Crippen molar-refractivity contribution in [3.63, 3.8) is 0 Å². The van der Waals surface area contributed by atoms with Crippen LogP contribution in [0, 0.1) is 0 Å². The first-order valence-electron chi connectivity index (χ1n) is 10.8. The van der Waals surface area contributed by atoms with E-state index >= 15 is 0 Å². The normalized spacial score (nSPS) is 15.2. The van der Waals surface area contributed by atoms with Crippen molar-refractivity contribution in [3.8, 4) is 5.75 Å². The highest BCUT2D eigenvalue weighted by molar-refractivity contribution is 5.81. The summed E-state index contributed by atoms with van der Waals surface area (Å²) in [6, 6.07) is 17.1. The number of carbonyl (C=O) groups is 1. The zero-order valence-corrected chi connectivity index (χ0v) is 18.0. The lowest BCUT2D eigenvalue weighted by Crippen LogP contribution is -2.53. The van der Waals surface area contributed by atoms with Gasteiger partial charge >= 0.3 is 0 Å². The van der Waals surface area contributed by atoms with Crippen molar-refractivity contribution in [2.45, 2.75) is 32.9 Å². The molecule has 3 aromatic rings. The fraction of sp³-hybridized carbons (Fsp3) is 0.375. The van der Waals surface area contributed by atoms with Gasteiger partial charge in [0.1, 0.15) is 5.75 Å². The number of amides is 1. The number of aryl methyl sites for hydroxylation is 1. The van der Waals surface area contributed by atoms with E-state index in [0.717, 1.165) is 17.5 Å². The largest absolute Gasteiger partial charge is 0.481 e. The van der Waals surface area contributed by atoms with Crippen LogP contribution < -0.4 is 15.2 Å². The molecule has 1 fully saturated rings. The second kappa shape index (κ2) is 9.20. The number of carbonyl (C=O) groups excluding carboxylic acids is 1. The standard InChI is InChI=1S/C24H28N4O3/c1-3-13-28-21-12-8-7-11-20(21)25-22(24(28)30)26-14-16-27(17-15-26)23(29)18(2)31-19-9-5-4-6-10-19/h4-12,18H,3,13-17H2,1-2H3/t18-/m0/s1. The van der Waals surface area contributed by atoms with Crippen LogP contribution in [0.4, 0.5) is 5.82 Å². The molecule has 0 N–H and O–H groups in total. The lowest BCUT2D eigenvalue weighted by atomic mass is 10.2. The molecule has 1 amide bonds. The van der Waals surface area contributed by atoms with Gasteiger partial charge in [0, 0.05) is 32.7 Å². The highest BCUT2D eigenvalue weighted by Gasteiger charge is 2.28. The van der Waals surface area contributed by atoms with Crippen molar-refractivity contribution in [1.82, 2.24) is 14.5 Å². The van der Waals surface area contributed by atoms with Crippen LogP contribution in [-0.4, -0.2) is 52.6 Å². The number of ether oxygens (including phenoxy) is 1. The molecule has 1 saturated heterocycles. The SMILES string of the molecule is CCCn1c(=O)c(N2CCN(C(=O)[C@H](C)Oc3ccccc3)CC2)nc2ccccc21. The summed E-state index contributed by atoms with van der Waals surface area (Å²) in [5.74, 6) is 1.10. The molecule has 2 heterocycles. The predicted molar refractivity (Wildman–Crippen MR) is 122 cm³/mol. The predicted octanol–water partition coefficient (Wildman–Crippen LogP) is 2.92. The average molecular weight is 421 g/mol. The van der Waals surface area contributed by atoms with Crippen molar-refractivity contribution in [1.29, 1.82) is 0 Å². The van der Waals surface area contributed by atoms with Crippen LogP contribution in [0.1, 0.15) is 20.3 Å². The van der Waals surface area contributed by atoms with Gasteiger partial charge in [-0.15, -0.1) is 0 Å². The van der Waals surface area contributed by atoms with Gasteiger partial charge in [-0.1, -0.05) is 37.3 Å². The number of rotatable bonds is 6. The molecule has 0 spiro atoms. The molecule has 162 valence electrons. The first-order chi connectivity index (χ1) is 15.1. The molecule has 0 unspecified atom stereocenters. The molecule has 1 atom stereocenters. The van der Waals surface area contributed by atoms with Gasteiger partial charge in [0.25, 0.3) is 11.5 Å². The van der Waals surface area contributed by atoms with Gasteiger partial charge in [-0.05, 0) is 37.6 Å². The number of para-hydroxylation sites is 3. The minimum absolute atomic E-state index is 0.0432. The number of piperazine rings is 1. The lowest BCUT2D eigenvalue weighted by molar-refractivity contribution is -0.138. The summed E-state index contributed by atoms with van der Waals surface area (Å²) in [4.78, 5) is 34.4. The topological polar surface area (TPSA) is 67.7 Å². The van der Waals surface area contributed by atoms with E-state index in [-0.39, 0.29) is 11.5 Å². The van der Waals surface area contributed by atoms with Gasteiger partial charge in [0.2, 0.25) is 0 Å². The minimum atomic E-state index is -0.561. The Morgan fingerprint density at radius 3 is 2.42 bits per heavy atom. The molecule has 4 rings (SSSR count). The summed E-state index contributed by atoms with van der Waals surface area (Å²) in [5.41, 5.74) is 1.61. The molecule has 0 bridgehead atoms. The number of nitrogens with zero attached hydrogens (tertiary/aromatic N) is 4. The van der Waals surface area contributed by atoms with Crippen molar-refractivity contribution in [2.24, 2.45) is 0 Å². The van der Waals surface area contributed by atoms with E-state index in [1.54, 1.807) is 11.8 Å². The number of fused-ring (bicyclic) bond motifs is 1. The Hall–Kier alpha value is -3.35. The number of anilines is 1. The molecule has 1 aliphatic rings. The highest BCUT2D eigenvalue weighted by Crippen LogP contribution is 2.18. The first-order valence-corrected chi connectivity index (χ1v) is 10.8. The van der Waals surface area contributed by atoms with E-state index in [1.165, 1.54) is 0 Å². The maximum absolute atomic E-state index is 13.2. The Morgan fingerprint density at radius 1 is 1.03 bits per heavy atom. The van der Waals surface area contributed by atoms with Crippen LogP contribution in [-0.2, 0) is 11.3 Å². The van der Waals surface area contributed by atoms with Gasteiger partial charge in [-0.2, -0.15) is 0 Å². The zero-order chi connectivity index (χ0) is 21.8. The third-order valence-electron chi connectivity index (χ3n) is 5.58. The summed E-state index contributed by atoms with van der Waals surface area (Å²) < 4.78 is 7.59. The Labute approximate surface area is 181 Å². The van der Waals surface area contributed by atoms with Gasteiger partial charge in [-0.3, -0.25) is 9.59 Å². The molecule has 2 aromatic carbocycles. The molecule has 31 heavy (non-hydrogen) atoms. The fourth-order valence-electron chi connectivity index (χ4n) is 3.98. The summed E-state index contributed by atoms with van der Waals surface area (Å²) in [5, 5.41) is 0. The number of hydrogen-bond donors (Lipinski definition) is 0. The van der Waals surface area contributed by atoms with E-state index in [4.69, 9.17) is 4.74 Å². The van der Waals surface area contributed by atoms with Crippen LogP contribution >= 0.6 is 0 Å². The summed E-state index contributed by atoms with van der Waals surface area (Å²) >= 11 is 0. The molecule has 0 saturated carbocycles. The Kier molecular flexibility index (Phi) is 6.21. The van der Waals surface area contributed by atoms with Crippen LogP contribution in [0.5, 0.6) is 5.75 Å². The smallest absolute Gasteiger partial charge is 0.294 e. The quantitative estimate of drug-likeness (QED) is 0.613. The number of benzene rings is 2. The van der Waals surface area contributed by atoms with Crippen LogP contribution in [0.2, 0.25) is 0 Å². The van der Waals surface area contributed by atoms with E-state index in [1.807, 2.05) is 64.1 Å². The van der Waals surface area contributed by atoms with Crippen molar-refractivity contribution in [3.05, 3.63) is 65.0 Å². The Morgan fingerprint density at radius 2 is 1.71 bits per heavy atom. The average Bonchev–Trinajstić information content (AvgIpc) is 2.81. The monoisotopic (exact) mass is 420 g/mol. The maximum atomic E-state index is 13.2. The third kappa shape index (κ3) is 4.40. The van der Waals surface area contributed by atoms with Crippen LogP contribution in [0.15, 0.2) is 59.4 Å². The van der Waals surface area contributed by atoms with Crippen LogP contribution in [0.3, 0.4) is 0 Å². The third-order valence-corrected chi connectivity index (χ3v) is 5.58. The molecule has 7 heteroatoms. The van der Waals surface area contributed by atoms with E-state index in [9.17, 15) is 9.59 Å². The number of aromatic nitrogens is 2. The van der Waals surface area contributed by atoms with Gasteiger partial charge in [0.05, 0.1) is 11.0 Å². The van der Waals surface area contributed by atoms with E-state index in [0.29, 0.717) is 44.3 Å². The first kappa shape index (κ1) is 20.9. The van der Waals surface area contributed by atoms with Crippen molar-refractivity contribution < 1.29 is 9.53 Å². The van der Waals surface area contributed by atoms with Gasteiger partial charge < -0.3 is 19.1 Å². The fourth-order valence-corrected chi connectivity index (χ4v) is 3.98. The van der Waals surface area contributed by atoms with Gasteiger partial charge in [0.15, 0.2) is 11.9 Å². The lowest BCUT2D eigenvalue weighted by Gasteiger charge is -2.36. The second-order valence-electron chi connectivity index (χ2n) is 7.77. The molecular weight excluding hydrogens is 392 g/mol. The molecule has 1 aliphatic heterocycles. The van der Waals surface area contributed by atoms with E-state index in [2.05, 4.69) is 11.9 Å². The number of hydrogen-bond acceptors (Lipinski definition) is 5. The highest BCUT2D eigenvalue weighted by atomic mass is 16.5. The minimum Gasteiger partial charge on any atom is -0.481 e. The molecule has 0 aliphatic carbocycles. The molecule has 0 radical (unpaired) electrons. The zero-order valence-electron chi connectivity index (χ0n) is 18.0. The summed E-state index contributed by atoms with van der Waals surface area (Å²) in [6.45, 7) is 6.68. The van der Waals surface area contributed by atoms with Gasteiger partial charge in [-0.25, -0.2) is 4.98 Å². The van der Waals surface area contributed by atoms with Crippen LogP contribution in [0.25, 0.3) is 11.0 Å². The molecular formula is C24H28N4O3.